The van der Waals surface area contributed by atoms with Gasteiger partial charge < -0.3 is 5.11 Å². The van der Waals surface area contributed by atoms with Crippen LogP contribution in [0.5, 0.6) is 0 Å². The van der Waals surface area contributed by atoms with Crippen LogP contribution >= 0.6 is 16.1 Å². The average molecular weight is 340 g/mol. The van der Waals surface area contributed by atoms with E-state index in [0.717, 1.165) is 22.5 Å². The molecule has 1 fully saturated rings. The highest BCUT2D eigenvalue weighted by molar-refractivity contribution is 9.07. The van der Waals surface area contributed by atoms with Crippen LogP contribution in [0.25, 0.3) is 0 Å². The Hall–Kier alpha value is -1.63. The van der Waals surface area contributed by atoms with Gasteiger partial charge in [-0.2, -0.15) is 0 Å². The van der Waals surface area contributed by atoms with Crippen LogP contribution in [0, 0.1) is 5.92 Å². The minimum absolute atomic E-state index is 0.0694. The van der Waals surface area contributed by atoms with E-state index in [4.69, 9.17) is 0 Å². The van der Waals surface area contributed by atoms with E-state index >= 15 is 0 Å². The van der Waals surface area contributed by atoms with Crippen molar-refractivity contribution in [3.05, 3.63) is 23.4 Å². The van der Waals surface area contributed by atoms with Crippen molar-refractivity contribution in [1.82, 2.24) is 8.83 Å². The summed E-state index contributed by atoms with van der Waals surface area (Å²) >= 11 is 3.44. The Labute approximate surface area is 124 Å². The van der Waals surface area contributed by atoms with Crippen LogP contribution in [0.3, 0.4) is 0 Å². The van der Waals surface area contributed by atoms with Crippen molar-refractivity contribution in [1.29, 1.82) is 0 Å². The van der Waals surface area contributed by atoms with Crippen LogP contribution in [-0.2, 0) is 4.79 Å². The monoisotopic (exact) mass is 339 g/mol. The molecule has 0 spiro atoms. The van der Waals surface area contributed by atoms with Gasteiger partial charge in [-0.1, -0.05) is 6.08 Å². The van der Waals surface area contributed by atoms with E-state index in [9.17, 15) is 14.7 Å². The minimum Gasteiger partial charge on any atom is -0.465 e. The number of carbonyl (C=O) groups is 2. The number of carbonyl (C=O) groups excluding carboxylic acids is 1. The molecule has 0 bridgehead atoms. The lowest BCUT2D eigenvalue weighted by Crippen LogP contribution is -2.54. The minimum atomic E-state index is -1.18. The molecule has 0 aromatic carbocycles. The first-order valence-corrected chi connectivity index (χ1v) is 7.13. The lowest BCUT2D eigenvalue weighted by molar-refractivity contribution is -0.132. The molecule has 6 nitrogen and oxygen atoms in total. The van der Waals surface area contributed by atoms with Crippen molar-refractivity contribution < 1.29 is 14.7 Å². The number of imide groups is 1. The molecule has 0 radical (unpaired) electrons. The highest BCUT2D eigenvalue weighted by atomic mass is 79.9. The standard InChI is InChI=1S/C13H14BrN3O3/c1-7-11-8(5-10(18)17(7)13(19)20)6-16(14)12-9(11)3-2-4-15-12/h3-4,6-7,11-12H,2,5H2,1H3,(H,19,20). The van der Waals surface area contributed by atoms with E-state index in [-0.39, 0.29) is 24.4 Å². The number of carboxylic acid groups (broad SMARTS) is 1. The van der Waals surface area contributed by atoms with Crippen molar-refractivity contribution in [3.63, 3.8) is 0 Å². The van der Waals surface area contributed by atoms with Gasteiger partial charge in [-0.3, -0.25) is 13.7 Å². The number of halogens is 1. The fourth-order valence-corrected chi connectivity index (χ4v) is 3.82. The van der Waals surface area contributed by atoms with Crippen LogP contribution in [0.4, 0.5) is 4.79 Å². The SMILES string of the molecule is CC1C2C(=CN(Br)C3N=CCC=C23)CC(=O)N1C(=O)O. The summed E-state index contributed by atoms with van der Waals surface area (Å²) in [6.07, 6.45) is 5.33. The van der Waals surface area contributed by atoms with E-state index in [1.54, 1.807) is 10.8 Å². The molecular weight excluding hydrogens is 326 g/mol. The highest BCUT2D eigenvalue weighted by Crippen LogP contribution is 2.43. The predicted octanol–water partition coefficient (Wildman–Crippen LogP) is 2.14. The Bertz CT molecular complexity index is 569. The first-order chi connectivity index (χ1) is 9.50. The molecule has 0 saturated carbocycles. The summed E-state index contributed by atoms with van der Waals surface area (Å²) in [5.41, 5.74) is 2.00. The van der Waals surface area contributed by atoms with Crippen molar-refractivity contribution in [2.24, 2.45) is 10.9 Å². The van der Waals surface area contributed by atoms with Gasteiger partial charge in [-0.05, 0) is 18.1 Å². The van der Waals surface area contributed by atoms with Gasteiger partial charge in [0.05, 0.1) is 28.6 Å². The van der Waals surface area contributed by atoms with Gasteiger partial charge in [-0.25, -0.2) is 9.69 Å². The Kier molecular flexibility index (Phi) is 3.16. The molecule has 2 amide bonds. The molecule has 20 heavy (non-hydrogen) atoms. The summed E-state index contributed by atoms with van der Waals surface area (Å²) in [7, 11) is 0. The number of rotatable bonds is 0. The van der Waals surface area contributed by atoms with Gasteiger partial charge in [0.15, 0.2) is 6.17 Å². The summed E-state index contributed by atoms with van der Waals surface area (Å²) in [4.78, 5) is 28.7. The fraction of sp³-hybridized carbons (Fsp3) is 0.462. The lowest BCUT2D eigenvalue weighted by Gasteiger charge is -2.45. The number of hydrogen-bond acceptors (Lipinski definition) is 4. The summed E-state index contributed by atoms with van der Waals surface area (Å²) in [6.45, 7) is 1.78. The number of hydrogen-bond donors (Lipinski definition) is 1. The molecule has 3 aliphatic rings. The highest BCUT2D eigenvalue weighted by Gasteiger charge is 2.45. The number of fused-ring (bicyclic) bond motifs is 3. The van der Waals surface area contributed by atoms with Crippen LogP contribution in [0.1, 0.15) is 19.8 Å². The zero-order valence-electron chi connectivity index (χ0n) is 10.9. The second-order valence-corrected chi connectivity index (χ2v) is 5.95. The molecule has 3 aliphatic heterocycles. The number of likely N-dealkylation sites (tertiary alicyclic amines) is 1. The van der Waals surface area contributed by atoms with Gasteiger partial charge in [0.2, 0.25) is 5.91 Å². The van der Waals surface area contributed by atoms with Crippen LogP contribution in [0.15, 0.2) is 28.4 Å². The zero-order valence-corrected chi connectivity index (χ0v) is 12.4. The number of piperidine rings is 1. The van der Waals surface area contributed by atoms with Crippen LogP contribution in [-0.4, -0.2) is 44.4 Å². The van der Waals surface area contributed by atoms with Crippen molar-refractivity contribution in [3.8, 4) is 0 Å². The number of dihydropyridines is 1. The number of allylic oxidation sites excluding steroid dienone is 1. The molecule has 1 N–H and O–H groups in total. The topological polar surface area (TPSA) is 73.2 Å². The lowest BCUT2D eigenvalue weighted by atomic mass is 9.76. The Morgan fingerprint density at radius 3 is 3.00 bits per heavy atom. The van der Waals surface area contributed by atoms with E-state index in [2.05, 4.69) is 27.2 Å². The van der Waals surface area contributed by atoms with Gasteiger partial charge in [-0.15, -0.1) is 0 Å². The second-order valence-electron chi connectivity index (χ2n) is 5.13. The molecule has 3 atom stereocenters. The van der Waals surface area contributed by atoms with E-state index in [1.165, 1.54) is 0 Å². The third-order valence-electron chi connectivity index (χ3n) is 4.00. The third-order valence-corrected chi connectivity index (χ3v) is 4.60. The second kappa shape index (κ2) is 4.73. The third kappa shape index (κ3) is 1.88. The molecule has 3 unspecified atom stereocenters. The summed E-state index contributed by atoms with van der Waals surface area (Å²) in [5, 5.41) is 9.23. The first-order valence-electron chi connectivity index (χ1n) is 6.42. The maximum Gasteiger partial charge on any atom is 0.414 e. The van der Waals surface area contributed by atoms with Gasteiger partial charge in [0.1, 0.15) is 0 Å². The van der Waals surface area contributed by atoms with Crippen molar-refractivity contribution in [2.75, 3.05) is 0 Å². The summed E-state index contributed by atoms with van der Waals surface area (Å²) < 4.78 is 1.80. The Balaban J connectivity index is 2.04. The maximum atomic E-state index is 12.0. The van der Waals surface area contributed by atoms with Gasteiger partial charge in [0, 0.05) is 24.8 Å². The number of nitrogens with zero attached hydrogens (tertiary/aromatic N) is 3. The molecule has 3 heterocycles. The molecule has 7 heteroatoms. The molecular formula is C13H14BrN3O3. The van der Waals surface area contributed by atoms with Crippen molar-refractivity contribution in [2.45, 2.75) is 32.0 Å². The van der Waals surface area contributed by atoms with Gasteiger partial charge >= 0.3 is 6.09 Å². The molecule has 0 aliphatic carbocycles. The molecule has 0 aromatic heterocycles. The van der Waals surface area contributed by atoms with Crippen LogP contribution in [0.2, 0.25) is 0 Å². The average Bonchev–Trinajstić information content (AvgIpc) is 2.37. The summed E-state index contributed by atoms with van der Waals surface area (Å²) in [5.74, 6) is -0.438. The zero-order chi connectivity index (χ0) is 14.4. The molecule has 3 rings (SSSR count). The Morgan fingerprint density at radius 2 is 2.30 bits per heavy atom. The van der Waals surface area contributed by atoms with Crippen molar-refractivity contribution >= 4 is 34.4 Å². The van der Waals surface area contributed by atoms with Gasteiger partial charge in [0.25, 0.3) is 0 Å². The largest absolute Gasteiger partial charge is 0.465 e. The quantitative estimate of drug-likeness (QED) is 0.542. The van der Waals surface area contributed by atoms with E-state index < -0.39 is 12.1 Å². The molecule has 106 valence electrons. The molecule has 0 aromatic rings. The normalized spacial score (nSPS) is 32.3. The van der Waals surface area contributed by atoms with Crippen LogP contribution < -0.4 is 0 Å². The number of aliphatic imine (C=N–C) groups is 1. The first kappa shape index (κ1) is 13.4. The summed E-state index contributed by atoms with van der Waals surface area (Å²) in [6, 6.07) is -0.400. The van der Waals surface area contributed by atoms with E-state index in [0.29, 0.717) is 0 Å². The Morgan fingerprint density at radius 1 is 1.55 bits per heavy atom. The smallest absolute Gasteiger partial charge is 0.414 e. The molecule has 1 saturated heterocycles. The predicted molar refractivity (Wildman–Crippen MR) is 76.3 cm³/mol. The number of amides is 2. The fourth-order valence-electron chi connectivity index (χ4n) is 3.22. The maximum absolute atomic E-state index is 12.0. The van der Waals surface area contributed by atoms with E-state index in [1.807, 2.05) is 12.4 Å².